The van der Waals surface area contributed by atoms with Crippen molar-refractivity contribution in [3.05, 3.63) is 84.4 Å². The molecular weight excluding hydrogens is 392 g/mol. The third kappa shape index (κ3) is 6.34. The molecular formula is C25H26N2O4. The smallest absolute Gasteiger partial charge is 0.265 e. The van der Waals surface area contributed by atoms with Gasteiger partial charge in [-0.15, -0.1) is 0 Å². The zero-order chi connectivity index (χ0) is 22.2. The maximum atomic E-state index is 12.6. The minimum Gasteiger partial charge on any atom is -0.481 e. The number of nitrogens with one attached hydrogen (secondary N) is 2. The number of para-hydroxylation sites is 2. The van der Waals surface area contributed by atoms with Gasteiger partial charge in [0.1, 0.15) is 11.5 Å². The number of hydrogen-bond acceptors (Lipinski definition) is 4. The van der Waals surface area contributed by atoms with Gasteiger partial charge in [0.25, 0.3) is 11.8 Å². The van der Waals surface area contributed by atoms with E-state index in [0.29, 0.717) is 22.9 Å². The van der Waals surface area contributed by atoms with E-state index >= 15 is 0 Å². The lowest BCUT2D eigenvalue weighted by Gasteiger charge is -2.17. The normalized spacial score (nSPS) is 12.4. The van der Waals surface area contributed by atoms with E-state index in [1.807, 2.05) is 49.4 Å². The Labute approximate surface area is 182 Å². The summed E-state index contributed by atoms with van der Waals surface area (Å²) >= 11 is 0. The van der Waals surface area contributed by atoms with Crippen LogP contribution < -0.4 is 20.1 Å². The van der Waals surface area contributed by atoms with Crippen LogP contribution in [0.3, 0.4) is 0 Å². The molecule has 2 N–H and O–H groups in total. The lowest BCUT2D eigenvalue weighted by atomic mass is 10.1. The predicted octanol–water partition coefficient (Wildman–Crippen LogP) is 4.81. The van der Waals surface area contributed by atoms with E-state index in [4.69, 9.17) is 9.47 Å². The third-order valence-electron chi connectivity index (χ3n) is 4.61. The van der Waals surface area contributed by atoms with Crippen LogP contribution in [0.2, 0.25) is 0 Å². The van der Waals surface area contributed by atoms with Crippen molar-refractivity contribution in [1.82, 2.24) is 0 Å². The maximum Gasteiger partial charge on any atom is 0.265 e. The highest BCUT2D eigenvalue weighted by molar-refractivity contribution is 5.97. The Kier molecular flexibility index (Phi) is 7.27. The third-order valence-corrected chi connectivity index (χ3v) is 4.61. The molecule has 6 heteroatoms. The number of carbonyl (C=O) groups excluding carboxylic acids is 2. The van der Waals surface area contributed by atoms with Gasteiger partial charge < -0.3 is 20.1 Å². The minimum absolute atomic E-state index is 0.281. The molecule has 160 valence electrons. The molecule has 0 saturated heterocycles. The fourth-order valence-electron chi connectivity index (χ4n) is 2.83. The molecule has 0 heterocycles. The molecule has 0 aliphatic rings. The molecule has 0 radical (unpaired) electrons. The molecule has 3 rings (SSSR count). The molecule has 6 nitrogen and oxygen atoms in total. The first-order chi connectivity index (χ1) is 14.9. The summed E-state index contributed by atoms with van der Waals surface area (Å²) < 4.78 is 11.3. The predicted molar refractivity (Wildman–Crippen MR) is 122 cm³/mol. The average Bonchev–Trinajstić information content (AvgIpc) is 2.77. The fraction of sp³-hybridized carbons (Fsp3) is 0.200. The summed E-state index contributed by atoms with van der Waals surface area (Å²) in [4.78, 5) is 25.1. The molecule has 0 fully saturated rings. The second-order valence-corrected chi connectivity index (χ2v) is 7.15. The molecule has 0 saturated carbocycles. The Morgan fingerprint density at radius 1 is 0.710 bits per heavy atom. The van der Waals surface area contributed by atoms with Gasteiger partial charge in [-0.05, 0) is 62.7 Å². The summed E-state index contributed by atoms with van der Waals surface area (Å²) in [5.41, 5.74) is 2.03. The maximum absolute atomic E-state index is 12.6. The van der Waals surface area contributed by atoms with Gasteiger partial charge in [-0.2, -0.15) is 0 Å². The van der Waals surface area contributed by atoms with Gasteiger partial charge in [0, 0.05) is 11.4 Å². The molecule has 0 unspecified atom stereocenters. The van der Waals surface area contributed by atoms with Crippen molar-refractivity contribution < 1.29 is 19.1 Å². The summed E-state index contributed by atoms with van der Waals surface area (Å²) in [5.74, 6) is 0.673. The number of aryl methyl sites for hydroxylation is 1. The van der Waals surface area contributed by atoms with E-state index in [1.54, 1.807) is 50.2 Å². The lowest BCUT2D eigenvalue weighted by Crippen LogP contribution is -2.31. The molecule has 0 aliphatic carbocycles. The van der Waals surface area contributed by atoms with Crippen molar-refractivity contribution >= 4 is 23.2 Å². The van der Waals surface area contributed by atoms with Gasteiger partial charge in [0.2, 0.25) is 0 Å². The van der Waals surface area contributed by atoms with Crippen LogP contribution in [0.25, 0.3) is 0 Å². The molecule has 3 aromatic carbocycles. The van der Waals surface area contributed by atoms with E-state index in [0.717, 1.165) is 5.56 Å². The van der Waals surface area contributed by atoms with Crippen LogP contribution in [0.15, 0.2) is 78.9 Å². The molecule has 3 aromatic rings. The fourth-order valence-corrected chi connectivity index (χ4v) is 2.83. The molecule has 0 spiro atoms. The van der Waals surface area contributed by atoms with Crippen LogP contribution in [0.4, 0.5) is 11.4 Å². The van der Waals surface area contributed by atoms with Crippen LogP contribution in [-0.2, 0) is 9.59 Å². The quantitative estimate of drug-likeness (QED) is 0.551. The number of anilines is 2. The highest BCUT2D eigenvalue weighted by Gasteiger charge is 2.18. The second kappa shape index (κ2) is 10.3. The number of ether oxygens (including phenoxy) is 2. The van der Waals surface area contributed by atoms with Crippen molar-refractivity contribution in [3.63, 3.8) is 0 Å². The molecule has 0 bridgehead atoms. The standard InChI is InChI=1S/C25H26N2O4/c1-17-14-15-20(26-24(28)18(2)30-21-10-6-4-7-11-21)16-23(17)27-25(29)19(3)31-22-12-8-5-9-13-22/h4-16,18-19H,1-3H3,(H,26,28)(H,27,29)/t18-,19-/m1/s1. The molecule has 0 aliphatic heterocycles. The number of amides is 2. The van der Waals surface area contributed by atoms with Gasteiger partial charge in [-0.3, -0.25) is 9.59 Å². The first kappa shape index (κ1) is 21.9. The van der Waals surface area contributed by atoms with Gasteiger partial charge >= 0.3 is 0 Å². The monoisotopic (exact) mass is 418 g/mol. The van der Waals surface area contributed by atoms with Gasteiger partial charge in [-0.25, -0.2) is 0 Å². The summed E-state index contributed by atoms with van der Waals surface area (Å²) in [5, 5.41) is 5.69. The van der Waals surface area contributed by atoms with Crippen LogP contribution in [0.5, 0.6) is 11.5 Å². The van der Waals surface area contributed by atoms with Crippen LogP contribution >= 0.6 is 0 Å². The molecule has 31 heavy (non-hydrogen) atoms. The lowest BCUT2D eigenvalue weighted by molar-refractivity contribution is -0.122. The number of hydrogen-bond donors (Lipinski definition) is 2. The van der Waals surface area contributed by atoms with Crippen molar-refractivity contribution in [2.24, 2.45) is 0 Å². The number of benzene rings is 3. The van der Waals surface area contributed by atoms with Gasteiger partial charge in [-0.1, -0.05) is 42.5 Å². The van der Waals surface area contributed by atoms with Crippen molar-refractivity contribution in [2.45, 2.75) is 33.0 Å². The Balaban J connectivity index is 1.61. The summed E-state index contributed by atoms with van der Waals surface area (Å²) in [7, 11) is 0. The summed E-state index contributed by atoms with van der Waals surface area (Å²) in [6.07, 6.45) is -1.36. The minimum atomic E-state index is -0.681. The second-order valence-electron chi connectivity index (χ2n) is 7.15. The number of carbonyl (C=O) groups is 2. The molecule has 2 amide bonds. The Morgan fingerprint density at radius 3 is 1.71 bits per heavy atom. The highest BCUT2D eigenvalue weighted by Crippen LogP contribution is 2.22. The molecule has 0 aromatic heterocycles. The van der Waals surface area contributed by atoms with E-state index < -0.39 is 12.2 Å². The average molecular weight is 418 g/mol. The van der Waals surface area contributed by atoms with Crippen molar-refractivity contribution in [1.29, 1.82) is 0 Å². The summed E-state index contributed by atoms with van der Waals surface area (Å²) in [6, 6.07) is 23.6. The summed E-state index contributed by atoms with van der Waals surface area (Å²) in [6.45, 7) is 5.25. The topological polar surface area (TPSA) is 76.7 Å². The van der Waals surface area contributed by atoms with Gasteiger partial charge in [0.05, 0.1) is 0 Å². The van der Waals surface area contributed by atoms with E-state index in [9.17, 15) is 9.59 Å². The largest absolute Gasteiger partial charge is 0.481 e. The van der Waals surface area contributed by atoms with E-state index in [2.05, 4.69) is 10.6 Å². The Morgan fingerprint density at radius 2 is 1.19 bits per heavy atom. The first-order valence-electron chi connectivity index (χ1n) is 10.1. The number of rotatable bonds is 8. The zero-order valence-corrected chi connectivity index (χ0v) is 17.8. The van der Waals surface area contributed by atoms with E-state index in [1.165, 1.54) is 0 Å². The zero-order valence-electron chi connectivity index (χ0n) is 17.8. The van der Waals surface area contributed by atoms with Crippen molar-refractivity contribution in [2.75, 3.05) is 10.6 Å². The first-order valence-corrected chi connectivity index (χ1v) is 10.1. The van der Waals surface area contributed by atoms with E-state index in [-0.39, 0.29) is 11.8 Å². The van der Waals surface area contributed by atoms with Crippen LogP contribution in [0.1, 0.15) is 19.4 Å². The van der Waals surface area contributed by atoms with Gasteiger partial charge in [0.15, 0.2) is 12.2 Å². The Hall–Kier alpha value is -3.80. The van der Waals surface area contributed by atoms with Crippen LogP contribution in [-0.4, -0.2) is 24.0 Å². The molecule has 2 atom stereocenters. The highest BCUT2D eigenvalue weighted by atomic mass is 16.5. The Bertz CT molecular complexity index is 1020. The SMILES string of the molecule is Cc1ccc(NC(=O)[C@@H](C)Oc2ccccc2)cc1NC(=O)[C@@H](C)Oc1ccccc1. The van der Waals surface area contributed by atoms with Crippen molar-refractivity contribution in [3.8, 4) is 11.5 Å². The van der Waals surface area contributed by atoms with Crippen LogP contribution in [0, 0.1) is 6.92 Å².